The van der Waals surface area contributed by atoms with Gasteiger partial charge in [-0.1, -0.05) is 35.3 Å². The molecule has 1 amide bonds. The zero-order valence-electron chi connectivity index (χ0n) is 13.3. The van der Waals surface area contributed by atoms with Crippen molar-refractivity contribution in [2.24, 2.45) is 0 Å². The van der Waals surface area contributed by atoms with Gasteiger partial charge >= 0.3 is 0 Å². The molecule has 26 heavy (non-hydrogen) atoms. The third kappa shape index (κ3) is 4.12. The zero-order valence-corrected chi connectivity index (χ0v) is 14.8. The summed E-state index contributed by atoms with van der Waals surface area (Å²) in [6, 6.07) is 17.2. The Bertz CT molecular complexity index is 997. The van der Waals surface area contributed by atoms with E-state index in [1.165, 1.54) is 6.20 Å². The summed E-state index contributed by atoms with van der Waals surface area (Å²) < 4.78 is 0. The number of hydrogen-bond donors (Lipinski definition) is 2. The summed E-state index contributed by atoms with van der Waals surface area (Å²) in [6.45, 7) is 0. The smallest absolute Gasteiger partial charge is 0.257 e. The Morgan fingerprint density at radius 1 is 1.08 bits per heavy atom. The van der Waals surface area contributed by atoms with E-state index in [0.717, 1.165) is 0 Å². The Labute approximate surface area is 160 Å². The number of carbonyl (C=O) groups is 1. The molecular formula is C19H12Cl2N4O. The summed E-state index contributed by atoms with van der Waals surface area (Å²) in [4.78, 5) is 16.5. The van der Waals surface area contributed by atoms with Gasteiger partial charge in [-0.3, -0.25) is 4.79 Å². The van der Waals surface area contributed by atoms with E-state index in [2.05, 4.69) is 15.6 Å². The second kappa shape index (κ2) is 7.87. The summed E-state index contributed by atoms with van der Waals surface area (Å²) in [5.41, 5.74) is 2.02. The van der Waals surface area contributed by atoms with Gasteiger partial charge < -0.3 is 10.6 Å². The number of hydrogen-bond acceptors (Lipinski definition) is 4. The highest BCUT2D eigenvalue weighted by Crippen LogP contribution is 2.31. The predicted molar refractivity (Wildman–Crippen MR) is 103 cm³/mol. The van der Waals surface area contributed by atoms with Crippen LogP contribution in [0, 0.1) is 11.3 Å². The fraction of sp³-hybridized carbons (Fsp3) is 0. The van der Waals surface area contributed by atoms with Crippen molar-refractivity contribution in [3.63, 3.8) is 0 Å². The second-order valence-corrected chi connectivity index (χ2v) is 6.09. The topological polar surface area (TPSA) is 77.8 Å². The lowest BCUT2D eigenvalue weighted by molar-refractivity contribution is 0.102. The number of amides is 1. The van der Waals surface area contributed by atoms with Gasteiger partial charge in [-0.05, 0) is 42.5 Å². The number of rotatable bonds is 4. The molecule has 0 radical (unpaired) electrons. The SMILES string of the molecule is N#Cc1cccc(NC(=O)c2ccc(Nc3cccc(Cl)c3Cl)nc2)c1. The minimum Gasteiger partial charge on any atom is -0.339 e. The van der Waals surface area contributed by atoms with Gasteiger partial charge in [-0.25, -0.2) is 4.98 Å². The largest absolute Gasteiger partial charge is 0.339 e. The van der Waals surface area contributed by atoms with Crippen molar-refractivity contribution in [1.82, 2.24) is 4.98 Å². The molecule has 128 valence electrons. The Morgan fingerprint density at radius 3 is 2.62 bits per heavy atom. The molecule has 5 nitrogen and oxygen atoms in total. The standard InChI is InChI=1S/C19H12Cl2N4O/c20-15-5-2-6-16(18(15)21)25-17-8-7-13(11-23-17)19(26)24-14-4-1-3-12(9-14)10-22/h1-9,11H,(H,23,25)(H,24,26). The highest BCUT2D eigenvalue weighted by molar-refractivity contribution is 6.43. The molecule has 0 saturated carbocycles. The van der Waals surface area contributed by atoms with E-state index in [0.29, 0.717) is 38.4 Å². The monoisotopic (exact) mass is 382 g/mol. The third-order valence-corrected chi connectivity index (χ3v) is 4.31. The molecule has 0 saturated heterocycles. The zero-order chi connectivity index (χ0) is 18.5. The van der Waals surface area contributed by atoms with E-state index in [1.54, 1.807) is 54.6 Å². The van der Waals surface area contributed by atoms with Crippen molar-refractivity contribution in [2.45, 2.75) is 0 Å². The maximum absolute atomic E-state index is 12.3. The summed E-state index contributed by atoms with van der Waals surface area (Å²) >= 11 is 12.1. The maximum atomic E-state index is 12.3. The minimum absolute atomic E-state index is 0.320. The number of aromatic nitrogens is 1. The van der Waals surface area contributed by atoms with Crippen LogP contribution < -0.4 is 10.6 Å². The molecule has 1 heterocycles. The number of pyridine rings is 1. The molecule has 0 spiro atoms. The van der Waals surface area contributed by atoms with E-state index in [1.807, 2.05) is 6.07 Å². The second-order valence-electron chi connectivity index (χ2n) is 5.31. The number of nitrogens with one attached hydrogen (secondary N) is 2. The van der Waals surface area contributed by atoms with Crippen molar-refractivity contribution in [3.05, 3.63) is 82.0 Å². The highest BCUT2D eigenvalue weighted by Gasteiger charge is 2.09. The number of nitriles is 1. The van der Waals surface area contributed by atoms with Gasteiger partial charge in [0.05, 0.1) is 32.9 Å². The van der Waals surface area contributed by atoms with Crippen LogP contribution >= 0.6 is 23.2 Å². The van der Waals surface area contributed by atoms with Crippen LogP contribution in [0.25, 0.3) is 0 Å². The van der Waals surface area contributed by atoms with E-state index >= 15 is 0 Å². The van der Waals surface area contributed by atoms with Crippen molar-refractivity contribution in [2.75, 3.05) is 10.6 Å². The number of carbonyl (C=O) groups excluding carboxylic acids is 1. The quantitative estimate of drug-likeness (QED) is 0.645. The lowest BCUT2D eigenvalue weighted by atomic mass is 10.2. The third-order valence-electron chi connectivity index (χ3n) is 3.49. The van der Waals surface area contributed by atoms with Crippen LogP contribution in [-0.4, -0.2) is 10.9 Å². The van der Waals surface area contributed by atoms with Crippen LogP contribution in [-0.2, 0) is 0 Å². The molecule has 1 aromatic heterocycles. The van der Waals surface area contributed by atoms with Gasteiger partial charge in [0, 0.05) is 11.9 Å². The summed E-state index contributed by atoms with van der Waals surface area (Å²) in [7, 11) is 0. The molecule has 0 fully saturated rings. The lowest BCUT2D eigenvalue weighted by Gasteiger charge is -2.09. The van der Waals surface area contributed by atoms with Crippen LogP contribution in [0.2, 0.25) is 10.0 Å². The van der Waals surface area contributed by atoms with Gasteiger partial charge in [0.15, 0.2) is 0 Å². The van der Waals surface area contributed by atoms with Crippen LogP contribution in [0.5, 0.6) is 0 Å². The molecule has 0 bridgehead atoms. The number of anilines is 3. The average Bonchev–Trinajstić information content (AvgIpc) is 2.66. The number of nitrogens with zero attached hydrogens (tertiary/aromatic N) is 2. The first-order valence-corrected chi connectivity index (χ1v) is 8.31. The maximum Gasteiger partial charge on any atom is 0.257 e. The first-order chi connectivity index (χ1) is 12.6. The van der Waals surface area contributed by atoms with Crippen molar-refractivity contribution in [1.29, 1.82) is 5.26 Å². The van der Waals surface area contributed by atoms with Crippen LogP contribution in [0.1, 0.15) is 15.9 Å². The number of benzene rings is 2. The summed E-state index contributed by atoms with van der Waals surface area (Å²) in [5, 5.41) is 15.5. The number of halogens is 2. The molecule has 0 atom stereocenters. The average molecular weight is 383 g/mol. The normalized spacial score (nSPS) is 10.0. The van der Waals surface area contributed by atoms with E-state index in [9.17, 15) is 4.79 Å². The van der Waals surface area contributed by atoms with Gasteiger partial charge in [0.25, 0.3) is 5.91 Å². The highest BCUT2D eigenvalue weighted by atomic mass is 35.5. The first-order valence-electron chi connectivity index (χ1n) is 7.55. The van der Waals surface area contributed by atoms with E-state index in [4.69, 9.17) is 28.5 Å². The first kappa shape index (κ1) is 17.7. The molecule has 0 aliphatic heterocycles. The van der Waals surface area contributed by atoms with Crippen LogP contribution in [0.3, 0.4) is 0 Å². The lowest BCUT2D eigenvalue weighted by Crippen LogP contribution is -2.12. The Morgan fingerprint density at radius 2 is 1.88 bits per heavy atom. The Balaban J connectivity index is 1.71. The summed E-state index contributed by atoms with van der Waals surface area (Å²) in [5.74, 6) is 0.206. The molecule has 3 rings (SSSR count). The van der Waals surface area contributed by atoms with Crippen molar-refractivity contribution < 1.29 is 4.79 Å². The molecule has 2 aromatic carbocycles. The fourth-order valence-corrected chi connectivity index (χ4v) is 2.56. The Hall–Kier alpha value is -3.07. The van der Waals surface area contributed by atoms with E-state index in [-0.39, 0.29) is 5.91 Å². The van der Waals surface area contributed by atoms with E-state index < -0.39 is 0 Å². The van der Waals surface area contributed by atoms with Gasteiger partial charge in [0.1, 0.15) is 5.82 Å². The minimum atomic E-state index is -0.320. The molecule has 0 unspecified atom stereocenters. The molecule has 0 aliphatic rings. The van der Waals surface area contributed by atoms with Gasteiger partial charge in [-0.15, -0.1) is 0 Å². The van der Waals surface area contributed by atoms with Gasteiger partial charge in [-0.2, -0.15) is 5.26 Å². The van der Waals surface area contributed by atoms with Crippen molar-refractivity contribution >= 4 is 46.3 Å². The fourth-order valence-electron chi connectivity index (χ4n) is 2.21. The molecular weight excluding hydrogens is 371 g/mol. The summed E-state index contributed by atoms with van der Waals surface area (Å²) in [6.07, 6.45) is 1.45. The van der Waals surface area contributed by atoms with Crippen LogP contribution in [0.4, 0.5) is 17.2 Å². The molecule has 3 aromatic rings. The molecule has 2 N–H and O–H groups in total. The van der Waals surface area contributed by atoms with Crippen molar-refractivity contribution in [3.8, 4) is 6.07 Å². The van der Waals surface area contributed by atoms with Crippen LogP contribution in [0.15, 0.2) is 60.8 Å². The predicted octanol–water partition coefficient (Wildman–Crippen LogP) is 5.26. The van der Waals surface area contributed by atoms with Gasteiger partial charge in [0.2, 0.25) is 0 Å². The molecule has 7 heteroatoms. The molecule has 0 aliphatic carbocycles. The Kier molecular flexibility index (Phi) is 5.37.